The molecule has 4 atom stereocenters. The van der Waals surface area contributed by atoms with Crippen LogP contribution in [0.15, 0.2) is 30.3 Å². The first kappa shape index (κ1) is 15.4. The largest absolute Gasteiger partial charge is 0.494 e. The molecule has 1 aromatic carbocycles. The summed E-state index contributed by atoms with van der Waals surface area (Å²) in [4.78, 5) is 12.1. The number of para-hydroxylation sites is 1. The Morgan fingerprint density at radius 1 is 1.27 bits per heavy atom. The van der Waals surface area contributed by atoms with Crippen molar-refractivity contribution < 1.29 is 9.53 Å². The van der Waals surface area contributed by atoms with Gasteiger partial charge in [0.15, 0.2) is 0 Å². The average molecular weight is 301 g/mol. The number of nitrogens with one attached hydrogen (secondary N) is 1. The Balaban J connectivity index is 1.32. The van der Waals surface area contributed by atoms with Crippen molar-refractivity contribution in [3.63, 3.8) is 0 Å². The molecule has 120 valence electrons. The lowest BCUT2D eigenvalue weighted by atomic mass is 9.84. The van der Waals surface area contributed by atoms with Crippen LogP contribution in [0.3, 0.4) is 0 Å². The first-order valence-corrected chi connectivity index (χ1v) is 8.69. The minimum Gasteiger partial charge on any atom is -0.494 e. The second-order valence-electron chi connectivity index (χ2n) is 6.96. The molecule has 0 radical (unpaired) electrons. The molecule has 2 bridgehead atoms. The van der Waals surface area contributed by atoms with E-state index in [9.17, 15) is 4.79 Å². The number of carbonyl (C=O) groups is 1. The Hall–Kier alpha value is -1.51. The molecule has 1 N–H and O–H groups in total. The van der Waals surface area contributed by atoms with Crippen LogP contribution in [0.5, 0.6) is 5.75 Å². The van der Waals surface area contributed by atoms with E-state index < -0.39 is 0 Å². The van der Waals surface area contributed by atoms with Crippen molar-refractivity contribution in [1.82, 2.24) is 5.32 Å². The van der Waals surface area contributed by atoms with Crippen LogP contribution >= 0.6 is 0 Å². The molecular formula is C19H27NO2. The fraction of sp³-hybridized carbons (Fsp3) is 0.632. The number of amides is 1. The molecule has 3 heteroatoms. The van der Waals surface area contributed by atoms with Crippen LogP contribution in [-0.2, 0) is 4.79 Å². The Bertz CT molecular complexity index is 487. The number of rotatable bonds is 7. The van der Waals surface area contributed by atoms with Gasteiger partial charge in [-0.25, -0.2) is 0 Å². The van der Waals surface area contributed by atoms with Gasteiger partial charge in [-0.2, -0.15) is 0 Å². The van der Waals surface area contributed by atoms with Gasteiger partial charge in [0.05, 0.1) is 6.61 Å². The predicted molar refractivity (Wildman–Crippen MR) is 87.7 cm³/mol. The van der Waals surface area contributed by atoms with E-state index in [-0.39, 0.29) is 5.91 Å². The fourth-order valence-corrected chi connectivity index (χ4v) is 4.28. The van der Waals surface area contributed by atoms with Crippen molar-refractivity contribution in [1.29, 1.82) is 0 Å². The van der Waals surface area contributed by atoms with Gasteiger partial charge in [-0.15, -0.1) is 0 Å². The highest BCUT2D eigenvalue weighted by molar-refractivity contribution is 5.76. The minimum atomic E-state index is 0.173. The van der Waals surface area contributed by atoms with Crippen molar-refractivity contribution in [2.45, 2.75) is 51.5 Å². The lowest BCUT2D eigenvalue weighted by Crippen LogP contribution is -2.40. The molecule has 3 nitrogen and oxygen atoms in total. The molecule has 1 aromatic rings. The van der Waals surface area contributed by atoms with Crippen LogP contribution in [0.2, 0.25) is 0 Å². The molecule has 2 saturated carbocycles. The summed E-state index contributed by atoms with van der Waals surface area (Å²) in [5, 5.41) is 3.21. The number of hydrogen-bond donors (Lipinski definition) is 1. The average Bonchev–Trinajstić information content (AvgIpc) is 3.15. The fourth-order valence-electron chi connectivity index (χ4n) is 4.28. The van der Waals surface area contributed by atoms with E-state index in [1.165, 1.54) is 25.7 Å². The van der Waals surface area contributed by atoms with E-state index >= 15 is 0 Å². The molecule has 4 unspecified atom stereocenters. The van der Waals surface area contributed by atoms with Gasteiger partial charge < -0.3 is 10.1 Å². The third-order valence-electron chi connectivity index (χ3n) is 5.38. The number of benzene rings is 1. The molecule has 0 aliphatic heterocycles. The summed E-state index contributed by atoms with van der Waals surface area (Å²) in [6, 6.07) is 10.1. The van der Waals surface area contributed by atoms with E-state index in [0.29, 0.717) is 25.0 Å². The molecule has 2 aliphatic rings. The molecule has 0 spiro atoms. The van der Waals surface area contributed by atoms with E-state index in [2.05, 4.69) is 12.2 Å². The van der Waals surface area contributed by atoms with Crippen molar-refractivity contribution in [3.8, 4) is 5.75 Å². The predicted octanol–water partition coefficient (Wildman–Crippen LogP) is 3.79. The van der Waals surface area contributed by atoms with E-state index in [1.54, 1.807) is 0 Å². The topological polar surface area (TPSA) is 38.3 Å². The Kier molecular flexibility index (Phi) is 5.01. The summed E-state index contributed by atoms with van der Waals surface area (Å²) < 4.78 is 5.62. The van der Waals surface area contributed by atoms with Crippen molar-refractivity contribution in [2.24, 2.45) is 17.8 Å². The van der Waals surface area contributed by atoms with Crippen molar-refractivity contribution in [3.05, 3.63) is 30.3 Å². The first-order valence-electron chi connectivity index (χ1n) is 8.69. The molecule has 22 heavy (non-hydrogen) atoms. The Morgan fingerprint density at radius 3 is 2.77 bits per heavy atom. The van der Waals surface area contributed by atoms with Crippen LogP contribution in [0.4, 0.5) is 0 Å². The second-order valence-corrected chi connectivity index (χ2v) is 6.96. The summed E-state index contributed by atoms with van der Waals surface area (Å²) in [6.07, 6.45) is 6.83. The molecule has 0 heterocycles. The zero-order chi connectivity index (χ0) is 15.4. The highest BCUT2D eigenvalue weighted by Crippen LogP contribution is 2.49. The Labute approximate surface area is 133 Å². The van der Waals surface area contributed by atoms with Crippen LogP contribution in [0.1, 0.15) is 45.4 Å². The van der Waals surface area contributed by atoms with Gasteiger partial charge >= 0.3 is 0 Å². The molecule has 1 amide bonds. The van der Waals surface area contributed by atoms with Gasteiger partial charge in [-0.05, 0) is 62.5 Å². The summed E-state index contributed by atoms with van der Waals surface area (Å²) >= 11 is 0. The normalized spacial score (nSPS) is 27.6. The van der Waals surface area contributed by atoms with Crippen LogP contribution in [0.25, 0.3) is 0 Å². The van der Waals surface area contributed by atoms with Crippen LogP contribution in [0, 0.1) is 17.8 Å². The molecule has 2 fully saturated rings. The summed E-state index contributed by atoms with van der Waals surface area (Å²) in [7, 11) is 0. The Morgan fingerprint density at radius 2 is 2.09 bits per heavy atom. The molecule has 3 rings (SSSR count). The van der Waals surface area contributed by atoms with Crippen LogP contribution in [-0.4, -0.2) is 18.6 Å². The molecule has 0 saturated heterocycles. The first-order chi connectivity index (χ1) is 10.7. The zero-order valence-electron chi connectivity index (χ0n) is 13.5. The molecule has 2 aliphatic carbocycles. The monoisotopic (exact) mass is 301 g/mol. The van der Waals surface area contributed by atoms with Crippen molar-refractivity contribution in [2.75, 3.05) is 6.61 Å². The second kappa shape index (κ2) is 7.17. The van der Waals surface area contributed by atoms with Gasteiger partial charge in [-0.3, -0.25) is 4.79 Å². The van der Waals surface area contributed by atoms with Crippen molar-refractivity contribution >= 4 is 5.91 Å². The standard InChI is InChI=1S/C19H27NO2/c1-14(18-13-15-9-10-16(18)12-15)20-19(21)8-5-11-22-17-6-3-2-4-7-17/h2-4,6-7,14-16,18H,5,8-13H2,1H3,(H,20,21). The van der Waals surface area contributed by atoms with Gasteiger partial charge in [0.2, 0.25) is 5.91 Å². The van der Waals surface area contributed by atoms with Gasteiger partial charge in [0, 0.05) is 12.5 Å². The van der Waals surface area contributed by atoms with Gasteiger partial charge in [0.25, 0.3) is 0 Å². The zero-order valence-corrected chi connectivity index (χ0v) is 13.5. The lowest BCUT2D eigenvalue weighted by Gasteiger charge is -2.28. The summed E-state index contributed by atoms with van der Waals surface area (Å²) in [6.45, 7) is 2.78. The highest BCUT2D eigenvalue weighted by atomic mass is 16.5. The van der Waals surface area contributed by atoms with Gasteiger partial charge in [0.1, 0.15) is 5.75 Å². The number of hydrogen-bond acceptors (Lipinski definition) is 2. The van der Waals surface area contributed by atoms with E-state index in [1.807, 2.05) is 30.3 Å². The maximum absolute atomic E-state index is 12.1. The number of fused-ring (bicyclic) bond motifs is 2. The lowest BCUT2D eigenvalue weighted by molar-refractivity contribution is -0.122. The summed E-state index contributed by atoms with van der Waals surface area (Å²) in [5.41, 5.74) is 0. The highest BCUT2D eigenvalue weighted by Gasteiger charge is 2.41. The summed E-state index contributed by atoms with van der Waals surface area (Å²) in [5.74, 6) is 3.56. The number of ether oxygens (including phenoxy) is 1. The van der Waals surface area contributed by atoms with E-state index in [0.717, 1.165) is 24.0 Å². The van der Waals surface area contributed by atoms with E-state index in [4.69, 9.17) is 4.74 Å². The SMILES string of the molecule is CC(NC(=O)CCCOc1ccccc1)C1CC2CCC1C2. The van der Waals surface area contributed by atoms with Gasteiger partial charge in [-0.1, -0.05) is 24.6 Å². The maximum atomic E-state index is 12.1. The third kappa shape index (κ3) is 3.82. The molecular weight excluding hydrogens is 274 g/mol. The minimum absolute atomic E-state index is 0.173. The number of carbonyl (C=O) groups excluding carboxylic acids is 1. The quantitative estimate of drug-likeness (QED) is 0.778. The molecule has 0 aromatic heterocycles. The smallest absolute Gasteiger partial charge is 0.220 e. The van der Waals surface area contributed by atoms with Crippen LogP contribution < -0.4 is 10.1 Å². The maximum Gasteiger partial charge on any atom is 0.220 e. The third-order valence-corrected chi connectivity index (χ3v) is 5.38.